The molecule has 1 aliphatic carbocycles. The van der Waals surface area contributed by atoms with E-state index < -0.39 is 0 Å². The molecule has 5 heteroatoms. The highest BCUT2D eigenvalue weighted by Crippen LogP contribution is 2.42. The highest BCUT2D eigenvalue weighted by molar-refractivity contribution is 5.03. The molecule has 72 valence electrons. The van der Waals surface area contributed by atoms with E-state index in [1.807, 2.05) is 0 Å². The molecule has 1 heterocycles. The second-order valence-electron chi connectivity index (χ2n) is 3.51. The number of hydrogen-bond donors (Lipinski definition) is 2. The Morgan fingerprint density at radius 1 is 1.46 bits per heavy atom. The molecule has 0 atom stereocenters. The first-order chi connectivity index (χ1) is 6.30. The molecule has 0 bridgehead atoms. The van der Waals surface area contributed by atoms with Crippen molar-refractivity contribution in [2.24, 2.45) is 0 Å². The van der Waals surface area contributed by atoms with E-state index in [2.05, 4.69) is 10.3 Å². The molecule has 0 radical (unpaired) electrons. The minimum Gasteiger partial charge on any atom is -0.396 e. The van der Waals surface area contributed by atoms with E-state index in [0.717, 1.165) is 18.5 Å². The van der Waals surface area contributed by atoms with Gasteiger partial charge in [0.2, 0.25) is 0 Å². The molecule has 0 spiro atoms. The number of rotatable bonds is 4. The minimum absolute atomic E-state index is 0.0881. The van der Waals surface area contributed by atoms with Crippen molar-refractivity contribution in [2.75, 3.05) is 13.2 Å². The zero-order valence-corrected chi connectivity index (χ0v) is 7.35. The second-order valence-corrected chi connectivity index (χ2v) is 3.51. The monoisotopic (exact) mass is 183 g/mol. The van der Waals surface area contributed by atoms with Crippen LogP contribution in [0, 0.1) is 0 Å². The average Bonchev–Trinajstić information content (AvgIpc) is 2.82. The molecule has 0 aromatic carbocycles. The second kappa shape index (κ2) is 3.08. The quantitative estimate of drug-likeness (QED) is 0.647. The molecule has 1 aliphatic rings. The lowest BCUT2D eigenvalue weighted by molar-refractivity contribution is 0.200. The molecule has 1 fully saturated rings. The van der Waals surface area contributed by atoms with Gasteiger partial charge in [-0.05, 0) is 12.8 Å². The van der Waals surface area contributed by atoms with Gasteiger partial charge >= 0.3 is 0 Å². The first-order valence-electron chi connectivity index (χ1n) is 4.44. The minimum atomic E-state index is -0.180. The van der Waals surface area contributed by atoms with Gasteiger partial charge in [0.15, 0.2) is 0 Å². The number of aliphatic hydroxyl groups is 2. The van der Waals surface area contributed by atoms with Crippen LogP contribution in [0.15, 0.2) is 6.20 Å². The van der Waals surface area contributed by atoms with Crippen LogP contribution in [-0.4, -0.2) is 38.4 Å². The van der Waals surface area contributed by atoms with Gasteiger partial charge in [-0.1, -0.05) is 5.21 Å². The average molecular weight is 183 g/mol. The van der Waals surface area contributed by atoms with Crippen LogP contribution in [-0.2, 0) is 12.0 Å². The Labute approximate surface area is 76.0 Å². The molecule has 0 saturated heterocycles. The third-order valence-electron chi connectivity index (χ3n) is 2.52. The summed E-state index contributed by atoms with van der Waals surface area (Å²) < 4.78 is 1.72. The van der Waals surface area contributed by atoms with Gasteiger partial charge in [0.05, 0.1) is 17.8 Å². The number of aliphatic hydroxyl groups excluding tert-OH is 2. The summed E-state index contributed by atoms with van der Waals surface area (Å²) in [7, 11) is 0. The van der Waals surface area contributed by atoms with E-state index in [1.165, 1.54) is 0 Å². The Morgan fingerprint density at radius 2 is 2.23 bits per heavy atom. The summed E-state index contributed by atoms with van der Waals surface area (Å²) in [5.41, 5.74) is 0.600. The first-order valence-corrected chi connectivity index (χ1v) is 4.44. The SMILES string of the molecule is OCCc1cn(C2(CO)CC2)nn1. The van der Waals surface area contributed by atoms with Crippen LogP contribution in [0.1, 0.15) is 18.5 Å². The maximum Gasteiger partial charge on any atom is 0.0876 e. The number of aromatic nitrogens is 3. The Bertz CT molecular complexity index is 293. The molecular weight excluding hydrogens is 170 g/mol. The third kappa shape index (κ3) is 1.45. The van der Waals surface area contributed by atoms with Crippen LogP contribution in [0.4, 0.5) is 0 Å². The third-order valence-corrected chi connectivity index (χ3v) is 2.52. The lowest BCUT2D eigenvalue weighted by Crippen LogP contribution is -2.22. The molecule has 2 rings (SSSR count). The lowest BCUT2D eigenvalue weighted by atomic mass is 10.3. The van der Waals surface area contributed by atoms with Gasteiger partial charge in [0.25, 0.3) is 0 Å². The standard InChI is InChI=1S/C8H13N3O2/c12-4-1-7-5-11(10-9-7)8(6-13)2-3-8/h5,12-13H,1-4,6H2. The maximum atomic E-state index is 9.11. The van der Waals surface area contributed by atoms with Crippen molar-refractivity contribution in [1.29, 1.82) is 0 Å². The van der Waals surface area contributed by atoms with Gasteiger partial charge < -0.3 is 10.2 Å². The number of hydrogen-bond acceptors (Lipinski definition) is 4. The Hall–Kier alpha value is -0.940. The van der Waals surface area contributed by atoms with E-state index >= 15 is 0 Å². The van der Waals surface area contributed by atoms with E-state index in [9.17, 15) is 0 Å². The highest BCUT2D eigenvalue weighted by Gasteiger charge is 2.45. The zero-order chi connectivity index (χ0) is 9.31. The summed E-state index contributed by atoms with van der Waals surface area (Å²) in [6.45, 7) is 0.208. The van der Waals surface area contributed by atoms with Gasteiger partial charge in [-0.2, -0.15) is 0 Å². The van der Waals surface area contributed by atoms with Crippen molar-refractivity contribution in [3.05, 3.63) is 11.9 Å². The Morgan fingerprint density at radius 3 is 2.77 bits per heavy atom. The topological polar surface area (TPSA) is 71.2 Å². The normalized spacial score (nSPS) is 18.9. The van der Waals surface area contributed by atoms with Crippen LogP contribution in [0.5, 0.6) is 0 Å². The maximum absolute atomic E-state index is 9.11. The van der Waals surface area contributed by atoms with Crippen molar-refractivity contribution in [2.45, 2.75) is 24.8 Å². The lowest BCUT2D eigenvalue weighted by Gasteiger charge is -2.09. The molecule has 1 saturated carbocycles. The van der Waals surface area contributed by atoms with Gasteiger partial charge in [-0.3, -0.25) is 0 Å². The van der Waals surface area contributed by atoms with Crippen LogP contribution in [0.2, 0.25) is 0 Å². The molecule has 2 N–H and O–H groups in total. The Balaban J connectivity index is 2.13. The summed E-state index contributed by atoms with van der Waals surface area (Å²) in [5, 5.41) is 25.6. The van der Waals surface area contributed by atoms with Crippen LogP contribution in [0.3, 0.4) is 0 Å². The van der Waals surface area contributed by atoms with Crippen LogP contribution < -0.4 is 0 Å². The van der Waals surface area contributed by atoms with Crippen LogP contribution >= 0.6 is 0 Å². The fourth-order valence-electron chi connectivity index (χ4n) is 1.36. The molecule has 5 nitrogen and oxygen atoms in total. The van der Waals surface area contributed by atoms with Crippen molar-refractivity contribution < 1.29 is 10.2 Å². The van der Waals surface area contributed by atoms with Gasteiger partial charge in [-0.15, -0.1) is 5.10 Å². The number of nitrogens with zero attached hydrogens (tertiary/aromatic N) is 3. The molecule has 0 aliphatic heterocycles. The smallest absolute Gasteiger partial charge is 0.0876 e. The summed E-state index contributed by atoms with van der Waals surface area (Å²) in [5.74, 6) is 0. The Kier molecular flexibility index (Phi) is 2.05. The van der Waals surface area contributed by atoms with Crippen LogP contribution in [0.25, 0.3) is 0 Å². The van der Waals surface area contributed by atoms with Crippen molar-refractivity contribution >= 4 is 0 Å². The molecule has 0 amide bonds. The van der Waals surface area contributed by atoms with Gasteiger partial charge in [0.1, 0.15) is 0 Å². The molecule has 0 unspecified atom stereocenters. The van der Waals surface area contributed by atoms with Crippen molar-refractivity contribution in [3.8, 4) is 0 Å². The summed E-state index contributed by atoms with van der Waals surface area (Å²) in [6.07, 6.45) is 4.26. The largest absolute Gasteiger partial charge is 0.396 e. The molecule has 1 aromatic rings. The van der Waals surface area contributed by atoms with Crippen molar-refractivity contribution in [1.82, 2.24) is 15.0 Å². The van der Waals surface area contributed by atoms with Crippen molar-refractivity contribution in [3.63, 3.8) is 0 Å². The van der Waals surface area contributed by atoms with Gasteiger partial charge in [-0.25, -0.2) is 4.68 Å². The van der Waals surface area contributed by atoms with Gasteiger partial charge in [0, 0.05) is 19.2 Å². The highest BCUT2D eigenvalue weighted by atomic mass is 16.3. The van der Waals surface area contributed by atoms with E-state index in [0.29, 0.717) is 6.42 Å². The van der Waals surface area contributed by atoms with E-state index in [4.69, 9.17) is 10.2 Å². The fourth-order valence-corrected chi connectivity index (χ4v) is 1.36. The summed E-state index contributed by atoms with van der Waals surface area (Å²) in [6, 6.07) is 0. The first kappa shape index (κ1) is 8.65. The predicted octanol–water partition coefficient (Wildman–Crippen LogP) is -0.706. The zero-order valence-electron chi connectivity index (χ0n) is 7.35. The summed E-state index contributed by atoms with van der Waals surface area (Å²) >= 11 is 0. The van der Waals surface area contributed by atoms with E-state index in [-0.39, 0.29) is 18.8 Å². The fraction of sp³-hybridized carbons (Fsp3) is 0.750. The van der Waals surface area contributed by atoms with E-state index in [1.54, 1.807) is 10.9 Å². The summed E-state index contributed by atoms with van der Waals surface area (Å²) in [4.78, 5) is 0. The molecular formula is C8H13N3O2. The molecule has 1 aromatic heterocycles. The molecule has 13 heavy (non-hydrogen) atoms. The predicted molar refractivity (Wildman–Crippen MR) is 45.1 cm³/mol.